The van der Waals surface area contributed by atoms with Crippen molar-refractivity contribution >= 4 is 27.3 Å². The van der Waals surface area contributed by atoms with Crippen LogP contribution in [0.15, 0.2) is 34.8 Å². The van der Waals surface area contributed by atoms with Crippen LogP contribution < -0.4 is 20.9 Å². The van der Waals surface area contributed by atoms with Crippen LogP contribution >= 0.6 is 15.9 Å². The average molecular weight is 433 g/mol. The number of nitrogens with two attached hydrogens (primary N) is 2. The molecule has 0 radical (unpaired) electrons. The second-order valence-corrected chi connectivity index (χ2v) is 5.11. The normalized spacial score (nSPS) is 10.4. The molecule has 0 spiro atoms. The van der Waals surface area contributed by atoms with E-state index in [2.05, 4.69) is 25.4 Å². The SMILES string of the molecule is Nc1cc(F)c(OC(F)F)cc1Br.Nc1ccc(OC(F)F)c(F)c1. The Labute approximate surface area is 146 Å². The lowest BCUT2D eigenvalue weighted by atomic mass is 10.3. The van der Waals surface area contributed by atoms with Crippen molar-refractivity contribution in [1.29, 1.82) is 0 Å². The number of benzene rings is 2. The lowest BCUT2D eigenvalue weighted by Gasteiger charge is -2.07. The standard InChI is InChI=1S/C7H5BrF3NO.C7H6F3NO/c8-3-1-6(13-7(10)11)4(9)2-5(3)12;8-5-3-4(11)1-2-6(5)12-7(9)10/h1-2,7H,12H2;1-3,7H,11H2. The van der Waals surface area contributed by atoms with E-state index in [9.17, 15) is 26.3 Å². The Hall–Kier alpha value is -2.30. The van der Waals surface area contributed by atoms with E-state index in [1.54, 1.807) is 0 Å². The summed E-state index contributed by atoms with van der Waals surface area (Å²) in [4.78, 5) is 0. The molecule has 2 rings (SSSR count). The summed E-state index contributed by atoms with van der Waals surface area (Å²) < 4.78 is 80.1. The van der Waals surface area contributed by atoms with Gasteiger partial charge in [-0.1, -0.05) is 0 Å². The Morgan fingerprint density at radius 2 is 1.32 bits per heavy atom. The maximum absolute atomic E-state index is 12.8. The molecule has 25 heavy (non-hydrogen) atoms. The van der Waals surface area contributed by atoms with Gasteiger partial charge in [0, 0.05) is 28.0 Å². The monoisotopic (exact) mass is 432 g/mol. The fourth-order valence-corrected chi connectivity index (χ4v) is 1.76. The maximum atomic E-state index is 12.8. The first-order valence-corrected chi connectivity index (χ1v) is 7.08. The molecule has 0 amide bonds. The van der Waals surface area contributed by atoms with Gasteiger partial charge in [0.15, 0.2) is 23.1 Å². The molecule has 11 heteroatoms. The molecule has 0 saturated heterocycles. The number of anilines is 2. The van der Waals surface area contributed by atoms with Crippen molar-refractivity contribution in [2.45, 2.75) is 13.2 Å². The van der Waals surface area contributed by atoms with Crippen LogP contribution in [0.25, 0.3) is 0 Å². The number of ether oxygens (including phenoxy) is 2. The Bertz CT molecular complexity index is 718. The molecule has 0 aliphatic heterocycles. The molecule has 138 valence electrons. The fourth-order valence-electron chi connectivity index (χ4n) is 1.44. The Morgan fingerprint density at radius 3 is 1.84 bits per heavy atom. The van der Waals surface area contributed by atoms with Crippen LogP contribution in [0.5, 0.6) is 11.5 Å². The smallest absolute Gasteiger partial charge is 0.387 e. The highest BCUT2D eigenvalue weighted by Crippen LogP contribution is 2.29. The van der Waals surface area contributed by atoms with Gasteiger partial charge in [-0.05, 0) is 34.1 Å². The van der Waals surface area contributed by atoms with Crippen LogP contribution in [0.4, 0.5) is 37.7 Å². The van der Waals surface area contributed by atoms with Gasteiger partial charge in [-0.25, -0.2) is 8.78 Å². The van der Waals surface area contributed by atoms with Crippen LogP contribution in [0.1, 0.15) is 0 Å². The summed E-state index contributed by atoms with van der Waals surface area (Å²) in [6, 6.07) is 5.20. The molecule has 0 fully saturated rings. The maximum Gasteiger partial charge on any atom is 0.387 e. The largest absolute Gasteiger partial charge is 0.432 e. The lowest BCUT2D eigenvalue weighted by Crippen LogP contribution is -2.04. The van der Waals surface area contributed by atoms with E-state index in [0.29, 0.717) is 4.47 Å². The summed E-state index contributed by atoms with van der Waals surface area (Å²) in [5.74, 6) is -2.84. The number of nitrogen functional groups attached to an aromatic ring is 2. The molecule has 0 atom stereocenters. The molecule has 0 aromatic heterocycles. The van der Waals surface area contributed by atoms with E-state index >= 15 is 0 Å². The van der Waals surface area contributed by atoms with Crippen LogP contribution in [-0.4, -0.2) is 13.2 Å². The van der Waals surface area contributed by atoms with Crippen molar-refractivity contribution in [3.8, 4) is 11.5 Å². The number of halogens is 7. The van der Waals surface area contributed by atoms with Gasteiger partial charge in [-0.15, -0.1) is 0 Å². The van der Waals surface area contributed by atoms with E-state index in [4.69, 9.17) is 11.5 Å². The van der Waals surface area contributed by atoms with E-state index < -0.39 is 36.4 Å². The average Bonchev–Trinajstić information content (AvgIpc) is 2.48. The summed E-state index contributed by atoms with van der Waals surface area (Å²) in [6.07, 6.45) is 0. The van der Waals surface area contributed by atoms with Gasteiger partial charge in [0.25, 0.3) is 0 Å². The minimum Gasteiger partial charge on any atom is -0.432 e. The highest BCUT2D eigenvalue weighted by molar-refractivity contribution is 9.10. The van der Waals surface area contributed by atoms with E-state index in [0.717, 1.165) is 24.3 Å². The molecule has 0 heterocycles. The Kier molecular flexibility index (Phi) is 7.68. The predicted molar refractivity (Wildman–Crippen MR) is 82.6 cm³/mol. The Morgan fingerprint density at radius 1 is 0.800 bits per heavy atom. The van der Waals surface area contributed by atoms with Gasteiger partial charge >= 0.3 is 13.2 Å². The summed E-state index contributed by atoms with van der Waals surface area (Å²) in [5, 5.41) is 0. The van der Waals surface area contributed by atoms with E-state index in [1.165, 1.54) is 6.07 Å². The van der Waals surface area contributed by atoms with Gasteiger partial charge in [0.1, 0.15) is 0 Å². The second kappa shape index (κ2) is 9.25. The zero-order valence-corrected chi connectivity index (χ0v) is 13.7. The first kappa shape index (κ1) is 20.7. The van der Waals surface area contributed by atoms with E-state index in [-0.39, 0.29) is 11.4 Å². The van der Waals surface area contributed by atoms with Crippen LogP contribution in [0.3, 0.4) is 0 Å². The van der Waals surface area contributed by atoms with Gasteiger partial charge in [-0.3, -0.25) is 0 Å². The predicted octanol–water partition coefficient (Wildman–Crippen LogP) is 4.78. The van der Waals surface area contributed by atoms with Gasteiger partial charge in [-0.2, -0.15) is 17.6 Å². The van der Waals surface area contributed by atoms with Gasteiger partial charge in [0.05, 0.1) is 0 Å². The van der Waals surface area contributed by atoms with Crippen molar-refractivity contribution in [2.75, 3.05) is 11.5 Å². The third-order valence-corrected chi connectivity index (χ3v) is 3.13. The topological polar surface area (TPSA) is 70.5 Å². The molecule has 2 aromatic rings. The molecule has 0 unspecified atom stereocenters. The minimum absolute atomic E-state index is 0.124. The summed E-state index contributed by atoms with van der Waals surface area (Å²) in [6.45, 7) is -6.08. The molecule has 4 nitrogen and oxygen atoms in total. The molecule has 0 saturated carbocycles. The van der Waals surface area contributed by atoms with Crippen molar-refractivity contribution in [3.05, 3.63) is 46.4 Å². The van der Waals surface area contributed by atoms with Crippen molar-refractivity contribution < 1.29 is 35.8 Å². The quantitative estimate of drug-likeness (QED) is 0.538. The molecular formula is C14H11BrF6N2O2. The number of rotatable bonds is 4. The first-order chi connectivity index (χ1) is 11.6. The van der Waals surface area contributed by atoms with Crippen LogP contribution in [0, 0.1) is 11.6 Å². The van der Waals surface area contributed by atoms with E-state index in [1.807, 2.05) is 0 Å². The van der Waals surface area contributed by atoms with Gasteiger partial charge in [0.2, 0.25) is 0 Å². The number of hydrogen-bond acceptors (Lipinski definition) is 4. The lowest BCUT2D eigenvalue weighted by molar-refractivity contribution is -0.0528. The van der Waals surface area contributed by atoms with Gasteiger partial charge < -0.3 is 20.9 Å². The molecule has 2 aromatic carbocycles. The zero-order chi connectivity index (χ0) is 19.1. The highest BCUT2D eigenvalue weighted by atomic mass is 79.9. The van der Waals surface area contributed by atoms with Crippen LogP contribution in [0.2, 0.25) is 0 Å². The van der Waals surface area contributed by atoms with Crippen molar-refractivity contribution in [1.82, 2.24) is 0 Å². The third kappa shape index (κ3) is 6.99. The molecule has 0 aliphatic carbocycles. The summed E-state index contributed by atoms with van der Waals surface area (Å²) in [5.41, 5.74) is 10.8. The molecule has 0 aliphatic rings. The summed E-state index contributed by atoms with van der Waals surface area (Å²) in [7, 11) is 0. The fraction of sp³-hybridized carbons (Fsp3) is 0.143. The molecule has 4 N–H and O–H groups in total. The minimum atomic E-state index is -3.05. The molecule has 0 bridgehead atoms. The molecular weight excluding hydrogens is 422 g/mol. The first-order valence-electron chi connectivity index (χ1n) is 6.29. The van der Waals surface area contributed by atoms with Crippen molar-refractivity contribution in [3.63, 3.8) is 0 Å². The Balaban J connectivity index is 0.000000251. The third-order valence-electron chi connectivity index (χ3n) is 2.44. The summed E-state index contributed by atoms with van der Waals surface area (Å²) >= 11 is 2.95. The van der Waals surface area contributed by atoms with Crippen molar-refractivity contribution in [2.24, 2.45) is 0 Å². The zero-order valence-electron chi connectivity index (χ0n) is 12.2. The van der Waals surface area contributed by atoms with Crippen LogP contribution in [-0.2, 0) is 0 Å². The number of hydrogen-bond donors (Lipinski definition) is 2. The highest BCUT2D eigenvalue weighted by Gasteiger charge is 2.12. The number of alkyl halides is 4. The second-order valence-electron chi connectivity index (χ2n) is 4.25.